The van der Waals surface area contributed by atoms with Gasteiger partial charge in [-0.1, -0.05) is 49.4 Å². The van der Waals surface area contributed by atoms with Crippen LogP contribution in [0.2, 0.25) is 0 Å². The molecule has 2 aromatic carbocycles. The molecule has 3 heteroatoms. The van der Waals surface area contributed by atoms with Crippen LogP contribution in [0, 0.1) is 0 Å². The van der Waals surface area contributed by atoms with Crippen LogP contribution in [0.15, 0.2) is 59.1 Å². The van der Waals surface area contributed by atoms with Gasteiger partial charge < -0.3 is 4.74 Å². The second-order valence-electron chi connectivity index (χ2n) is 4.57. The Labute approximate surface area is 133 Å². The summed E-state index contributed by atoms with van der Waals surface area (Å²) in [6, 6.07) is 15.3. The number of benzene rings is 2. The van der Waals surface area contributed by atoms with Gasteiger partial charge in [0.25, 0.3) is 0 Å². The number of carbonyl (C=O) groups excluding carboxylic acids is 1. The monoisotopic (exact) mass is 344 g/mol. The summed E-state index contributed by atoms with van der Waals surface area (Å²) in [5.74, 6) is 0.548. The van der Waals surface area contributed by atoms with Gasteiger partial charge in [0.1, 0.15) is 5.75 Å². The SMILES string of the molecule is CCCOc1cccc(Br)c1C(=O)/C=C/c1ccccc1. The summed E-state index contributed by atoms with van der Waals surface area (Å²) in [5, 5.41) is 0. The average Bonchev–Trinajstić information content (AvgIpc) is 2.51. The number of allylic oxidation sites excluding steroid dienone is 1. The number of ketones is 1. The van der Waals surface area contributed by atoms with Gasteiger partial charge in [-0.2, -0.15) is 0 Å². The summed E-state index contributed by atoms with van der Waals surface area (Å²) < 4.78 is 6.40. The summed E-state index contributed by atoms with van der Waals surface area (Å²) >= 11 is 3.43. The maximum atomic E-state index is 12.4. The molecule has 0 heterocycles. The first kappa shape index (κ1) is 15.5. The van der Waals surface area contributed by atoms with Crippen LogP contribution in [0.25, 0.3) is 6.08 Å². The highest BCUT2D eigenvalue weighted by Crippen LogP contribution is 2.28. The molecule has 0 fully saturated rings. The Kier molecular flexibility index (Phi) is 5.76. The van der Waals surface area contributed by atoms with Gasteiger partial charge >= 0.3 is 0 Å². The molecule has 0 unspecified atom stereocenters. The molecule has 0 aromatic heterocycles. The van der Waals surface area contributed by atoms with Crippen molar-refractivity contribution in [3.8, 4) is 5.75 Å². The van der Waals surface area contributed by atoms with Gasteiger partial charge in [-0.3, -0.25) is 4.79 Å². The zero-order valence-electron chi connectivity index (χ0n) is 11.9. The maximum absolute atomic E-state index is 12.4. The largest absolute Gasteiger partial charge is 0.493 e. The number of hydrogen-bond acceptors (Lipinski definition) is 2. The lowest BCUT2D eigenvalue weighted by molar-refractivity contribution is 0.104. The molecular weight excluding hydrogens is 328 g/mol. The molecule has 2 aromatic rings. The molecular formula is C18H17BrO2. The van der Waals surface area contributed by atoms with Gasteiger partial charge in [0.05, 0.1) is 12.2 Å². The second kappa shape index (κ2) is 7.79. The predicted molar refractivity (Wildman–Crippen MR) is 89.7 cm³/mol. The fourth-order valence-electron chi connectivity index (χ4n) is 1.90. The second-order valence-corrected chi connectivity index (χ2v) is 5.42. The molecule has 0 bridgehead atoms. The van der Waals surface area contributed by atoms with Gasteiger partial charge in [-0.25, -0.2) is 0 Å². The summed E-state index contributed by atoms with van der Waals surface area (Å²) in [6.45, 7) is 2.63. The molecule has 0 amide bonds. The third kappa shape index (κ3) is 4.30. The Bertz CT molecular complexity index is 633. The van der Waals surface area contributed by atoms with Crippen molar-refractivity contribution in [2.75, 3.05) is 6.61 Å². The first-order valence-electron chi connectivity index (χ1n) is 6.91. The van der Waals surface area contributed by atoms with E-state index in [9.17, 15) is 4.79 Å². The Morgan fingerprint density at radius 1 is 1.14 bits per heavy atom. The first-order valence-corrected chi connectivity index (χ1v) is 7.70. The van der Waals surface area contributed by atoms with Crippen molar-refractivity contribution >= 4 is 27.8 Å². The molecule has 0 saturated heterocycles. The van der Waals surface area contributed by atoms with Crippen LogP contribution in [0.5, 0.6) is 5.75 Å². The number of halogens is 1. The average molecular weight is 345 g/mol. The number of rotatable bonds is 6. The van der Waals surface area contributed by atoms with Crippen molar-refractivity contribution in [2.45, 2.75) is 13.3 Å². The fraction of sp³-hybridized carbons (Fsp3) is 0.167. The van der Waals surface area contributed by atoms with Crippen LogP contribution in [0.4, 0.5) is 0 Å². The molecule has 0 saturated carbocycles. The Hall–Kier alpha value is -1.87. The van der Waals surface area contributed by atoms with Crippen LogP contribution in [-0.4, -0.2) is 12.4 Å². The van der Waals surface area contributed by atoms with E-state index in [4.69, 9.17) is 4.74 Å². The Morgan fingerprint density at radius 2 is 1.90 bits per heavy atom. The van der Waals surface area contributed by atoms with Crippen LogP contribution in [-0.2, 0) is 0 Å². The zero-order valence-corrected chi connectivity index (χ0v) is 13.5. The van der Waals surface area contributed by atoms with Gasteiger partial charge in [0.15, 0.2) is 5.78 Å². The van der Waals surface area contributed by atoms with Crippen molar-refractivity contribution < 1.29 is 9.53 Å². The zero-order chi connectivity index (χ0) is 15.1. The van der Waals surface area contributed by atoms with Gasteiger partial charge in [-0.15, -0.1) is 0 Å². The van der Waals surface area contributed by atoms with E-state index in [1.807, 2.05) is 61.5 Å². The van der Waals surface area contributed by atoms with Gasteiger partial charge in [0.2, 0.25) is 0 Å². The Morgan fingerprint density at radius 3 is 2.62 bits per heavy atom. The molecule has 0 N–H and O–H groups in total. The number of ether oxygens (including phenoxy) is 1. The highest BCUT2D eigenvalue weighted by atomic mass is 79.9. The Balaban J connectivity index is 2.24. The minimum Gasteiger partial charge on any atom is -0.493 e. The van der Waals surface area contributed by atoms with Crippen LogP contribution < -0.4 is 4.74 Å². The molecule has 0 spiro atoms. The van der Waals surface area contributed by atoms with Crippen LogP contribution in [0.1, 0.15) is 29.3 Å². The van der Waals surface area contributed by atoms with E-state index in [0.717, 1.165) is 16.5 Å². The predicted octanol–water partition coefficient (Wildman–Crippen LogP) is 5.13. The summed E-state index contributed by atoms with van der Waals surface area (Å²) in [4.78, 5) is 12.4. The molecule has 2 nitrogen and oxygen atoms in total. The smallest absolute Gasteiger partial charge is 0.190 e. The van der Waals surface area contributed by atoms with Crippen molar-refractivity contribution in [1.29, 1.82) is 0 Å². The lowest BCUT2D eigenvalue weighted by Gasteiger charge is -2.10. The minimum atomic E-state index is -0.0718. The molecule has 2 rings (SSSR count). The molecule has 0 atom stereocenters. The maximum Gasteiger partial charge on any atom is 0.190 e. The van der Waals surface area contributed by atoms with Crippen molar-refractivity contribution in [2.24, 2.45) is 0 Å². The van der Waals surface area contributed by atoms with Gasteiger partial charge in [-0.05, 0) is 46.1 Å². The van der Waals surface area contributed by atoms with Gasteiger partial charge in [0, 0.05) is 4.47 Å². The highest BCUT2D eigenvalue weighted by molar-refractivity contribution is 9.10. The van der Waals surface area contributed by atoms with Crippen molar-refractivity contribution in [1.82, 2.24) is 0 Å². The van der Waals surface area contributed by atoms with Crippen LogP contribution >= 0.6 is 15.9 Å². The third-order valence-corrected chi connectivity index (χ3v) is 3.57. The molecule has 0 aliphatic carbocycles. The normalized spacial score (nSPS) is 10.8. The molecule has 0 aliphatic rings. The van der Waals surface area contributed by atoms with E-state index < -0.39 is 0 Å². The summed E-state index contributed by atoms with van der Waals surface area (Å²) in [6.07, 6.45) is 4.29. The molecule has 21 heavy (non-hydrogen) atoms. The molecule has 0 aliphatic heterocycles. The first-order chi connectivity index (χ1) is 10.2. The quantitative estimate of drug-likeness (QED) is 0.536. The number of hydrogen-bond donors (Lipinski definition) is 0. The lowest BCUT2D eigenvalue weighted by atomic mass is 10.1. The highest BCUT2D eigenvalue weighted by Gasteiger charge is 2.13. The van der Waals surface area contributed by atoms with E-state index in [1.54, 1.807) is 6.08 Å². The van der Waals surface area contributed by atoms with E-state index in [2.05, 4.69) is 15.9 Å². The van der Waals surface area contributed by atoms with E-state index in [-0.39, 0.29) is 5.78 Å². The summed E-state index contributed by atoms with van der Waals surface area (Å²) in [7, 11) is 0. The van der Waals surface area contributed by atoms with Crippen molar-refractivity contribution in [3.05, 3.63) is 70.2 Å². The topological polar surface area (TPSA) is 26.3 Å². The molecule has 108 valence electrons. The van der Waals surface area contributed by atoms with Crippen molar-refractivity contribution in [3.63, 3.8) is 0 Å². The fourth-order valence-corrected chi connectivity index (χ4v) is 2.44. The van der Waals surface area contributed by atoms with E-state index >= 15 is 0 Å². The van der Waals surface area contributed by atoms with E-state index in [0.29, 0.717) is 17.9 Å². The minimum absolute atomic E-state index is 0.0718. The molecule has 0 radical (unpaired) electrons. The lowest BCUT2D eigenvalue weighted by Crippen LogP contribution is -2.03. The summed E-state index contributed by atoms with van der Waals surface area (Å²) in [5.41, 5.74) is 1.56. The third-order valence-electron chi connectivity index (χ3n) is 2.91. The number of carbonyl (C=O) groups is 1. The standard InChI is InChI=1S/C18H17BrO2/c1-2-13-21-17-10-6-9-15(19)18(17)16(20)12-11-14-7-4-3-5-8-14/h3-12H,2,13H2,1H3/b12-11+. The van der Waals surface area contributed by atoms with Crippen LogP contribution in [0.3, 0.4) is 0 Å². The van der Waals surface area contributed by atoms with E-state index in [1.165, 1.54) is 0 Å².